The van der Waals surface area contributed by atoms with Gasteiger partial charge in [-0.1, -0.05) is 23.2 Å². The second kappa shape index (κ2) is 5.39. The summed E-state index contributed by atoms with van der Waals surface area (Å²) in [6, 6.07) is 4.29. The molecule has 20 heavy (non-hydrogen) atoms. The van der Waals surface area contributed by atoms with Crippen LogP contribution in [0.15, 0.2) is 18.2 Å². The van der Waals surface area contributed by atoms with E-state index >= 15 is 0 Å². The summed E-state index contributed by atoms with van der Waals surface area (Å²) in [6.45, 7) is 4.17. The van der Waals surface area contributed by atoms with Gasteiger partial charge in [0.1, 0.15) is 5.41 Å². The number of rotatable bonds is 2. The molecule has 6 heteroatoms. The van der Waals surface area contributed by atoms with E-state index in [1.165, 1.54) is 18.2 Å². The van der Waals surface area contributed by atoms with Crippen LogP contribution in [0.2, 0.25) is 10.0 Å². The minimum Gasteiger partial charge on any atom is -0.300 e. The monoisotopic (exact) mass is 325 g/mol. The van der Waals surface area contributed by atoms with E-state index in [1.54, 1.807) is 0 Å². The Morgan fingerprint density at radius 2 is 1.70 bits per heavy atom. The van der Waals surface area contributed by atoms with Crippen molar-refractivity contribution in [3.05, 3.63) is 33.8 Å². The van der Waals surface area contributed by atoms with E-state index in [1.807, 2.05) is 18.7 Å². The number of benzene rings is 1. The van der Waals surface area contributed by atoms with E-state index < -0.39 is 11.6 Å². The Kier molecular flexibility index (Phi) is 4.30. The van der Waals surface area contributed by atoms with E-state index in [0.717, 1.165) is 0 Å². The van der Waals surface area contributed by atoms with Crippen molar-refractivity contribution in [1.29, 1.82) is 0 Å². The molecule has 1 atom stereocenters. The van der Waals surface area contributed by atoms with Gasteiger partial charge >= 0.3 is 6.18 Å². The van der Waals surface area contributed by atoms with Gasteiger partial charge in [-0.05, 0) is 50.6 Å². The Hall–Kier alpha value is -0.450. The number of likely N-dealkylation sites (tertiary alicyclic amines) is 1. The summed E-state index contributed by atoms with van der Waals surface area (Å²) in [5.41, 5.74) is -1.73. The molecule has 1 aromatic rings. The summed E-state index contributed by atoms with van der Waals surface area (Å²) < 4.78 is 41.1. The van der Waals surface area contributed by atoms with Crippen LogP contribution in [0.1, 0.15) is 25.8 Å². The SMILES string of the molecule is CC(C)N1CCC(c2cc(Cl)cc(Cl)c2)(C(F)(F)F)C1. The van der Waals surface area contributed by atoms with Gasteiger partial charge in [-0.3, -0.25) is 4.90 Å². The molecule has 0 saturated carbocycles. The molecule has 0 aliphatic carbocycles. The molecule has 1 aliphatic rings. The van der Waals surface area contributed by atoms with Crippen molar-refractivity contribution in [1.82, 2.24) is 4.90 Å². The fourth-order valence-corrected chi connectivity index (χ4v) is 3.27. The zero-order valence-electron chi connectivity index (χ0n) is 11.3. The third-order valence-corrected chi connectivity index (χ3v) is 4.42. The first-order valence-electron chi connectivity index (χ1n) is 6.43. The fourth-order valence-electron chi connectivity index (χ4n) is 2.74. The molecule has 0 amide bonds. The lowest BCUT2D eigenvalue weighted by Gasteiger charge is -2.33. The number of hydrogen-bond acceptors (Lipinski definition) is 1. The molecule has 1 saturated heterocycles. The smallest absolute Gasteiger partial charge is 0.300 e. The van der Waals surface area contributed by atoms with E-state index in [-0.39, 0.29) is 34.6 Å². The third-order valence-electron chi connectivity index (χ3n) is 3.99. The summed E-state index contributed by atoms with van der Waals surface area (Å²) in [5, 5.41) is 0.471. The third kappa shape index (κ3) is 2.78. The second-order valence-electron chi connectivity index (χ2n) is 5.55. The van der Waals surface area contributed by atoms with Crippen LogP contribution >= 0.6 is 23.2 Å². The summed E-state index contributed by atoms with van der Waals surface area (Å²) in [5.74, 6) is 0. The Balaban J connectivity index is 2.49. The lowest BCUT2D eigenvalue weighted by Crippen LogP contribution is -2.45. The maximum atomic E-state index is 13.7. The van der Waals surface area contributed by atoms with Crippen LogP contribution in [0.4, 0.5) is 13.2 Å². The summed E-state index contributed by atoms with van der Waals surface area (Å²) in [7, 11) is 0. The van der Waals surface area contributed by atoms with Gasteiger partial charge in [0.15, 0.2) is 0 Å². The molecule has 1 aromatic carbocycles. The molecule has 0 radical (unpaired) electrons. The molecule has 0 spiro atoms. The van der Waals surface area contributed by atoms with Gasteiger partial charge in [-0.2, -0.15) is 13.2 Å². The highest BCUT2D eigenvalue weighted by Gasteiger charge is 2.59. The zero-order chi connectivity index (χ0) is 15.1. The number of alkyl halides is 3. The van der Waals surface area contributed by atoms with Crippen LogP contribution in [0.25, 0.3) is 0 Å². The van der Waals surface area contributed by atoms with E-state index in [2.05, 4.69) is 0 Å². The first kappa shape index (κ1) is 15.9. The minimum atomic E-state index is -4.33. The average Bonchev–Trinajstić information content (AvgIpc) is 2.72. The maximum absolute atomic E-state index is 13.7. The largest absolute Gasteiger partial charge is 0.399 e. The Labute approximate surface area is 126 Å². The van der Waals surface area contributed by atoms with Crippen molar-refractivity contribution in [2.75, 3.05) is 13.1 Å². The van der Waals surface area contributed by atoms with Crippen LogP contribution in [0, 0.1) is 0 Å². The zero-order valence-corrected chi connectivity index (χ0v) is 12.8. The molecule has 1 nitrogen and oxygen atoms in total. The molecule has 1 aliphatic heterocycles. The van der Waals surface area contributed by atoms with Crippen LogP contribution in [-0.4, -0.2) is 30.2 Å². The normalized spacial score (nSPS) is 24.6. The van der Waals surface area contributed by atoms with Crippen molar-refractivity contribution < 1.29 is 13.2 Å². The van der Waals surface area contributed by atoms with Crippen LogP contribution < -0.4 is 0 Å². The lowest BCUT2D eigenvalue weighted by molar-refractivity contribution is -0.187. The molecular formula is C14H16Cl2F3N. The van der Waals surface area contributed by atoms with Crippen LogP contribution in [0.3, 0.4) is 0 Å². The molecule has 0 aromatic heterocycles. The molecule has 1 unspecified atom stereocenters. The molecule has 1 fully saturated rings. The highest BCUT2D eigenvalue weighted by Crippen LogP contribution is 2.48. The summed E-state index contributed by atoms with van der Waals surface area (Å²) in [6.07, 6.45) is -4.30. The van der Waals surface area contributed by atoms with Gasteiger partial charge in [-0.25, -0.2) is 0 Å². The van der Waals surface area contributed by atoms with Crippen molar-refractivity contribution in [2.45, 2.75) is 37.9 Å². The second-order valence-corrected chi connectivity index (χ2v) is 6.43. The molecular weight excluding hydrogens is 310 g/mol. The van der Waals surface area contributed by atoms with Crippen molar-refractivity contribution in [2.24, 2.45) is 0 Å². The van der Waals surface area contributed by atoms with Crippen molar-refractivity contribution >= 4 is 23.2 Å². The Morgan fingerprint density at radius 3 is 2.10 bits per heavy atom. The molecule has 2 rings (SSSR count). The summed E-state index contributed by atoms with van der Waals surface area (Å²) in [4.78, 5) is 1.84. The van der Waals surface area contributed by atoms with Crippen LogP contribution in [0.5, 0.6) is 0 Å². The van der Waals surface area contributed by atoms with E-state index in [9.17, 15) is 13.2 Å². The van der Waals surface area contributed by atoms with Gasteiger partial charge in [0.05, 0.1) is 0 Å². The number of halogens is 5. The van der Waals surface area contributed by atoms with E-state index in [4.69, 9.17) is 23.2 Å². The van der Waals surface area contributed by atoms with Crippen molar-refractivity contribution in [3.63, 3.8) is 0 Å². The molecule has 0 N–H and O–H groups in total. The molecule has 112 valence electrons. The number of hydrogen-bond donors (Lipinski definition) is 0. The predicted octanol–water partition coefficient (Wildman–Crippen LogP) is 4.91. The predicted molar refractivity (Wildman–Crippen MR) is 75.5 cm³/mol. The van der Waals surface area contributed by atoms with Gasteiger partial charge in [-0.15, -0.1) is 0 Å². The maximum Gasteiger partial charge on any atom is 0.399 e. The Bertz CT molecular complexity index is 481. The molecule has 1 heterocycles. The van der Waals surface area contributed by atoms with Crippen LogP contribution in [-0.2, 0) is 5.41 Å². The van der Waals surface area contributed by atoms with Gasteiger partial charge in [0.25, 0.3) is 0 Å². The fraction of sp³-hybridized carbons (Fsp3) is 0.571. The first-order chi connectivity index (χ1) is 9.15. The van der Waals surface area contributed by atoms with Gasteiger partial charge in [0, 0.05) is 22.6 Å². The number of nitrogens with zero attached hydrogens (tertiary/aromatic N) is 1. The quantitative estimate of drug-likeness (QED) is 0.746. The molecule has 0 bridgehead atoms. The highest BCUT2D eigenvalue weighted by atomic mass is 35.5. The first-order valence-corrected chi connectivity index (χ1v) is 7.19. The minimum absolute atomic E-state index is 0.0331. The highest BCUT2D eigenvalue weighted by molar-refractivity contribution is 6.34. The standard InChI is InChI=1S/C14H16Cl2F3N/c1-9(2)20-4-3-13(8-20,14(17,18)19)10-5-11(15)7-12(16)6-10/h5-7,9H,3-4,8H2,1-2H3. The van der Waals surface area contributed by atoms with E-state index in [0.29, 0.717) is 6.54 Å². The van der Waals surface area contributed by atoms with Crippen molar-refractivity contribution in [3.8, 4) is 0 Å². The average molecular weight is 326 g/mol. The summed E-state index contributed by atoms with van der Waals surface area (Å²) >= 11 is 11.7. The van der Waals surface area contributed by atoms with Gasteiger partial charge in [0.2, 0.25) is 0 Å². The Morgan fingerprint density at radius 1 is 1.15 bits per heavy atom. The topological polar surface area (TPSA) is 3.24 Å². The van der Waals surface area contributed by atoms with Gasteiger partial charge < -0.3 is 0 Å². The lowest BCUT2D eigenvalue weighted by atomic mass is 9.79.